The number of likely N-dealkylation sites (tertiary alicyclic amines) is 1. The molecule has 0 bridgehead atoms. The van der Waals surface area contributed by atoms with Crippen molar-refractivity contribution in [3.05, 3.63) is 65.5 Å². The number of imidazole rings is 1. The zero-order valence-electron chi connectivity index (χ0n) is 25.2. The topological polar surface area (TPSA) is 127 Å². The fourth-order valence-electron chi connectivity index (χ4n) is 5.93. The first-order chi connectivity index (χ1) is 20.9. The zero-order chi connectivity index (χ0) is 30.3. The van der Waals surface area contributed by atoms with E-state index >= 15 is 0 Å². The van der Waals surface area contributed by atoms with Crippen molar-refractivity contribution in [1.82, 2.24) is 24.3 Å². The maximum absolute atomic E-state index is 13.6. The van der Waals surface area contributed by atoms with Crippen LogP contribution in [-0.2, 0) is 40.3 Å². The molecule has 3 heterocycles. The number of carbonyl (C=O) groups is 2. The number of nitrogens with zero attached hydrogens (tertiary/aromatic N) is 5. The highest BCUT2D eigenvalue weighted by Gasteiger charge is 2.25. The molecule has 10 nitrogen and oxygen atoms in total. The molecule has 1 aliphatic rings. The van der Waals surface area contributed by atoms with Gasteiger partial charge in [0.15, 0.2) is 5.82 Å². The molecule has 228 valence electrons. The smallest absolute Gasteiger partial charge is 0.309 e. The summed E-state index contributed by atoms with van der Waals surface area (Å²) in [7, 11) is 1.38. The summed E-state index contributed by atoms with van der Waals surface area (Å²) in [5.41, 5.74) is 10.8. The van der Waals surface area contributed by atoms with Gasteiger partial charge in [-0.3, -0.25) is 14.5 Å². The predicted octanol–water partition coefficient (Wildman–Crippen LogP) is 3.71. The van der Waals surface area contributed by atoms with E-state index in [1.54, 1.807) is 0 Å². The fraction of sp³-hybridized carbons (Fsp3) is 0.455. The summed E-state index contributed by atoms with van der Waals surface area (Å²) in [6.07, 6.45) is 4.11. The van der Waals surface area contributed by atoms with Crippen LogP contribution >= 0.6 is 0 Å². The summed E-state index contributed by atoms with van der Waals surface area (Å²) in [6, 6.07) is 15.7. The van der Waals surface area contributed by atoms with Gasteiger partial charge in [0.1, 0.15) is 11.3 Å². The number of pyridine rings is 1. The number of aliphatic hydroxyl groups excluding tert-OH is 1. The highest BCUT2D eigenvalue weighted by atomic mass is 16.5. The van der Waals surface area contributed by atoms with Gasteiger partial charge >= 0.3 is 5.97 Å². The number of esters is 1. The quantitative estimate of drug-likeness (QED) is 0.227. The predicted molar refractivity (Wildman–Crippen MR) is 167 cm³/mol. The van der Waals surface area contributed by atoms with E-state index in [1.165, 1.54) is 7.11 Å². The van der Waals surface area contributed by atoms with Gasteiger partial charge in [-0.1, -0.05) is 55.8 Å². The Morgan fingerprint density at radius 1 is 1.12 bits per heavy atom. The van der Waals surface area contributed by atoms with Gasteiger partial charge in [-0.15, -0.1) is 0 Å². The van der Waals surface area contributed by atoms with Crippen molar-refractivity contribution in [1.29, 1.82) is 0 Å². The van der Waals surface area contributed by atoms with Gasteiger partial charge in [0.25, 0.3) is 0 Å². The Bertz CT molecular complexity index is 1580. The largest absolute Gasteiger partial charge is 0.469 e. The fourth-order valence-corrected chi connectivity index (χ4v) is 5.93. The molecule has 1 fully saturated rings. The molecule has 43 heavy (non-hydrogen) atoms. The van der Waals surface area contributed by atoms with Crippen molar-refractivity contribution in [2.75, 3.05) is 39.0 Å². The van der Waals surface area contributed by atoms with E-state index in [2.05, 4.69) is 22.5 Å². The number of nitrogen functional groups attached to an aromatic ring is 1. The third kappa shape index (κ3) is 7.32. The Kier molecular flexibility index (Phi) is 9.89. The van der Waals surface area contributed by atoms with Crippen molar-refractivity contribution in [3.63, 3.8) is 0 Å². The zero-order valence-corrected chi connectivity index (χ0v) is 25.2. The van der Waals surface area contributed by atoms with E-state index in [-0.39, 0.29) is 30.9 Å². The van der Waals surface area contributed by atoms with Gasteiger partial charge < -0.3 is 25.0 Å². The maximum atomic E-state index is 13.6. The summed E-state index contributed by atoms with van der Waals surface area (Å²) in [6.45, 7) is 5.30. The second kappa shape index (κ2) is 14.0. The lowest BCUT2D eigenvalue weighted by Gasteiger charge is -2.26. The Balaban J connectivity index is 1.39. The lowest BCUT2D eigenvalue weighted by molar-refractivity contribution is -0.139. The second-order valence-electron chi connectivity index (χ2n) is 11.4. The van der Waals surface area contributed by atoms with Crippen molar-refractivity contribution >= 4 is 39.6 Å². The molecule has 2 aromatic heterocycles. The molecule has 1 aliphatic heterocycles. The van der Waals surface area contributed by atoms with Crippen LogP contribution in [-0.4, -0.2) is 80.7 Å². The lowest BCUT2D eigenvalue weighted by atomic mass is 10.1. The summed E-state index contributed by atoms with van der Waals surface area (Å²) in [5.74, 6) is 1.14. The highest BCUT2D eigenvalue weighted by molar-refractivity contribution is 6.06. The van der Waals surface area contributed by atoms with Crippen LogP contribution in [0.3, 0.4) is 0 Å². The number of unbranched alkanes of at least 4 members (excludes halogenated alkanes) is 1. The van der Waals surface area contributed by atoms with E-state index in [0.717, 1.165) is 64.6 Å². The molecule has 3 N–H and O–H groups in total. The number of amides is 1. The van der Waals surface area contributed by atoms with Crippen LogP contribution in [0.15, 0.2) is 48.5 Å². The van der Waals surface area contributed by atoms with Crippen molar-refractivity contribution in [2.45, 2.75) is 64.6 Å². The SMILES string of the molecule is CCCCc1nc2c(N)nc3ccccc3c2n1CCCN(Cc1cccc(CC(=O)OC)c1)C(=O)CN1CC[C@@H](O)C1. The molecular formula is C33H42N6O4. The van der Waals surface area contributed by atoms with Crippen LogP contribution in [0.2, 0.25) is 0 Å². The summed E-state index contributed by atoms with van der Waals surface area (Å²) in [5, 5.41) is 11.0. The van der Waals surface area contributed by atoms with Gasteiger partial charge in [0, 0.05) is 44.5 Å². The monoisotopic (exact) mass is 586 g/mol. The van der Waals surface area contributed by atoms with E-state index < -0.39 is 0 Å². The molecule has 0 aliphatic carbocycles. The first kappa shape index (κ1) is 30.4. The number of benzene rings is 2. The first-order valence-electron chi connectivity index (χ1n) is 15.2. The molecule has 1 saturated heterocycles. The molecule has 2 aromatic carbocycles. The number of para-hydroxylation sites is 1. The van der Waals surface area contributed by atoms with Gasteiger partial charge in [0.05, 0.1) is 37.2 Å². The second-order valence-corrected chi connectivity index (χ2v) is 11.4. The van der Waals surface area contributed by atoms with Crippen LogP contribution in [0.5, 0.6) is 0 Å². The molecule has 1 amide bonds. The van der Waals surface area contributed by atoms with Crippen LogP contribution in [0.1, 0.15) is 49.6 Å². The number of hydrogen-bond donors (Lipinski definition) is 2. The van der Waals surface area contributed by atoms with Crippen LogP contribution in [0, 0.1) is 0 Å². The minimum absolute atomic E-state index is 0.0214. The Labute approximate surface area is 252 Å². The van der Waals surface area contributed by atoms with Gasteiger partial charge in [-0.05, 0) is 36.5 Å². The number of rotatable bonds is 13. The number of nitrogens with two attached hydrogens (primary N) is 1. The van der Waals surface area contributed by atoms with E-state index in [1.807, 2.05) is 52.3 Å². The normalized spacial score (nSPS) is 15.4. The number of ether oxygens (including phenoxy) is 1. The van der Waals surface area contributed by atoms with Crippen molar-refractivity contribution in [3.8, 4) is 0 Å². The van der Waals surface area contributed by atoms with Crippen molar-refractivity contribution < 1.29 is 19.4 Å². The molecule has 0 spiro atoms. The van der Waals surface area contributed by atoms with Crippen LogP contribution < -0.4 is 5.73 Å². The van der Waals surface area contributed by atoms with Gasteiger partial charge in [-0.25, -0.2) is 9.97 Å². The third-order valence-electron chi connectivity index (χ3n) is 8.15. The standard InChI is InChI=1S/C33H42N6O4/c1-3-4-13-28-36-31-32(26-11-5-6-12-27(26)35-33(31)34)39(28)16-8-15-38(29(41)22-37-17-14-25(40)21-37)20-24-10-7-9-23(18-24)19-30(42)43-2/h5-7,9-12,18,25,40H,3-4,8,13-17,19-22H2,1-2H3,(H2,34,35)/t25-/m1/s1. The van der Waals surface area contributed by atoms with E-state index in [0.29, 0.717) is 45.0 Å². The average molecular weight is 587 g/mol. The molecule has 0 radical (unpaired) electrons. The number of aryl methyl sites for hydroxylation is 2. The summed E-state index contributed by atoms with van der Waals surface area (Å²) in [4.78, 5) is 38.9. The van der Waals surface area contributed by atoms with Crippen LogP contribution in [0.4, 0.5) is 5.82 Å². The number of β-amino-alcohol motifs (C(OH)–C–C–N with tert-alkyl or cyclic N) is 1. The maximum Gasteiger partial charge on any atom is 0.309 e. The lowest BCUT2D eigenvalue weighted by Crippen LogP contribution is -2.40. The molecular weight excluding hydrogens is 544 g/mol. The third-order valence-corrected chi connectivity index (χ3v) is 8.15. The Morgan fingerprint density at radius 3 is 2.70 bits per heavy atom. The molecule has 4 aromatic rings. The molecule has 5 rings (SSSR count). The minimum atomic E-state index is -0.385. The molecule has 1 atom stereocenters. The minimum Gasteiger partial charge on any atom is -0.469 e. The Morgan fingerprint density at radius 2 is 1.93 bits per heavy atom. The number of fused-ring (bicyclic) bond motifs is 3. The number of methoxy groups -OCH3 is 1. The number of aromatic nitrogens is 3. The molecule has 0 unspecified atom stereocenters. The number of aliphatic hydroxyl groups is 1. The number of hydrogen-bond acceptors (Lipinski definition) is 8. The molecule has 0 saturated carbocycles. The summed E-state index contributed by atoms with van der Waals surface area (Å²) < 4.78 is 7.10. The first-order valence-corrected chi connectivity index (χ1v) is 15.2. The highest BCUT2D eigenvalue weighted by Crippen LogP contribution is 2.29. The molecule has 10 heteroatoms. The Hall–Kier alpha value is -4.02. The average Bonchev–Trinajstić information content (AvgIpc) is 3.58. The van der Waals surface area contributed by atoms with Gasteiger partial charge in [-0.2, -0.15) is 0 Å². The van der Waals surface area contributed by atoms with Crippen LogP contribution in [0.25, 0.3) is 21.9 Å². The summed E-state index contributed by atoms with van der Waals surface area (Å²) >= 11 is 0. The number of anilines is 1. The van der Waals surface area contributed by atoms with Gasteiger partial charge in [0.2, 0.25) is 5.91 Å². The van der Waals surface area contributed by atoms with Crippen molar-refractivity contribution in [2.24, 2.45) is 0 Å². The van der Waals surface area contributed by atoms with E-state index in [4.69, 9.17) is 15.5 Å². The van der Waals surface area contributed by atoms with E-state index in [9.17, 15) is 14.7 Å². The number of carbonyl (C=O) groups excluding carboxylic acids is 2.